The molecule has 0 saturated heterocycles. The molecule has 0 fully saturated rings. The molecule has 3 aliphatic rings. The second kappa shape index (κ2) is 11.0. The van der Waals surface area contributed by atoms with E-state index in [0.29, 0.717) is 17.8 Å². The highest BCUT2D eigenvalue weighted by Crippen LogP contribution is 2.40. The lowest BCUT2D eigenvalue weighted by Crippen LogP contribution is -2.37. The molecule has 4 unspecified atom stereocenters. The van der Waals surface area contributed by atoms with Crippen molar-refractivity contribution < 1.29 is 4.79 Å². The molecule has 166 valence electrons. The number of nitrogens with zero attached hydrogens (tertiary/aromatic N) is 2. The summed E-state index contributed by atoms with van der Waals surface area (Å²) in [7, 11) is 0. The molecule has 0 aromatic carbocycles. The lowest BCUT2D eigenvalue weighted by molar-refractivity contribution is -0.104. The average molecular weight is 427 g/mol. The number of nitriles is 1. The van der Waals surface area contributed by atoms with Crippen LogP contribution in [-0.2, 0) is 4.79 Å². The van der Waals surface area contributed by atoms with Crippen molar-refractivity contribution in [2.75, 3.05) is 0 Å². The first-order valence-electron chi connectivity index (χ1n) is 11.6. The van der Waals surface area contributed by atoms with Gasteiger partial charge in [0.15, 0.2) is 0 Å². The number of hydrogen-bond acceptors (Lipinski definition) is 3. The monoisotopic (exact) mass is 426 g/mol. The molecule has 32 heavy (non-hydrogen) atoms. The predicted octanol–water partition coefficient (Wildman–Crippen LogP) is 6.73. The van der Waals surface area contributed by atoms with Crippen molar-refractivity contribution in [3.8, 4) is 6.07 Å². The summed E-state index contributed by atoms with van der Waals surface area (Å²) in [5.41, 5.74) is 5.02. The van der Waals surface area contributed by atoms with E-state index < -0.39 is 0 Å². The summed E-state index contributed by atoms with van der Waals surface area (Å²) >= 11 is 0. The van der Waals surface area contributed by atoms with Gasteiger partial charge in [0.05, 0.1) is 17.7 Å². The van der Waals surface area contributed by atoms with E-state index in [1.165, 1.54) is 5.57 Å². The van der Waals surface area contributed by atoms with Crippen LogP contribution in [0.4, 0.5) is 0 Å². The summed E-state index contributed by atoms with van der Waals surface area (Å²) in [6, 6.07) is 2.55. The van der Waals surface area contributed by atoms with Gasteiger partial charge in [0, 0.05) is 17.0 Å². The SMILES string of the molecule is CC=CC(=CC)N(C1=CCC=C(C=O)C=C1)C1C=CC(C2C=CC(C#N)=C(C)C2)C(C)C1. The fourth-order valence-corrected chi connectivity index (χ4v) is 5.03. The van der Waals surface area contributed by atoms with Crippen LogP contribution in [0.3, 0.4) is 0 Å². The summed E-state index contributed by atoms with van der Waals surface area (Å²) in [5.74, 6) is 1.43. The fraction of sp³-hybridized carbons (Fsp3) is 0.379. The maximum Gasteiger partial charge on any atom is 0.149 e. The molecule has 0 N–H and O–H groups in total. The molecule has 0 radical (unpaired) electrons. The summed E-state index contributed by atoms with van der Waals surface area (Å²) in [5, 5.41) is 9.28. The minimum Gasteiger partial charge on any atom is -0.335 e. The summed E-state index contributed by atoms with van der Waals surface area (Å²) in [6.07, 6.45) is 27.2. The van der Waals surface area contributed by atoms with Gasteiger partial charge >= 0.3 is 0 Å². The number of carbonyl (C=O) groups excluding carboxylic acids is 1. The normalized spacial score (nSPS) is 28.3. The highest BCUT2D eigenvalue weighted by Gasteiger charge is 2.33. The largest absolute Gasteiger partial charge is 0.335 e. The molecular weight excluding hydrogens is 392 g/mol. The highest BCUT2D eigenvalue weighted by atomic mass is 16.1. The quantitative estimate of drug-likeness (QED) is 0.268. The molecule has 0 amide bonds. The lowest BCUT2D eigenvalue weighted by Gasteiger charge is -2.41. The Morgan fingerprint density at radius 1 is 1.16 bits per heavy atom. The Bertz CT molecular complexity index is 1010. The van der Waals surface area contributed by atoms with Gasteiger partial charge in [0.25, 0.3) is 0 Å². The van der Waals surface area contributed by atoms with Crippen LogP contribution in [0.15, 0.2) is 94.9 Å². The van der Waals surface area contributed by atoms with Crippen LogP contribution in [0.5, 0.6) is 0 Å². The van der Waals surface area contributed by atoms with E-state index in [2.05, 4.69) is 80.3 Å². The Morgan fingerprint density at radius 2 is 1.97 bits per heavy atom. The minimum atomic E-state index is 0.246. The van der Waals surface area contributed by atoms with E-state index in [9.17, 15) is 10.1 Å². The molecule has 0 saturated carbocycles. The first-order valence-corrected chi connectivity index (χ1v) is 11.6. The van der Waals surface area contributed by atoms with E-state index in [0.717, 1.165) is 48.1 Å². The van der Waals surface area contributed by atoms with Crippen molar-refractivity contribution in [1.29, 1.82) is 5.26 Å². The van der Waals surface area contributed by atoms with Crippen molar-refractivity contribution in [2.24, 2.45) is 17.8 Å². The molecule has 0 spiro atoms. The van der Waals surface area contributed by atoms with E-state index in [-0.39, 0.29) is 6.04 Å². The highest BCUT2D eigenvalue weighted by molar-refractivity contribution is 5.78. The zero-order chi connectivity index (χ0) is 23.1. The maximum absolute atomic E-state index is 11.3. The van der Waals surface area contributed by atoms with Crippen LogP contribution < -0.4 is 0 Å². The Hall–Kier alpha value is -3.12. The van der Waals surface area contributed by atoms with Crippen molar-refractivity contribution in [3.05, 3.63) is 94.9 Å². The first-order chi connectivity index (χ1) is 15.5. The molecule has 3 heteroatoms. The van der Waals surface area contributed by atoms with Gasteiger partial charge in [-0.15, -0.1) is 0 Å². The van der Waals surface area contributed by atoms with Crippen LogP contribution in [0.2, 0.25) is 0 Å². The second-order valence-electron chi connectivity index (χ2n) is 8.88. The summed E-state index contributed by atoms with van der Waals surface area (Å²) in [6.45, 7) is 8.55. The molecule has 0 aliphatic heterocycles. The molecule has 0 aromatic heterocycles. The maximum atomic E-state index is 11.3. The van der Waals surface area contributed by atoms with Crippen molar-refractivity contribution >= 4 is 6.29 Å². The van der Waals surface area contributed by atoms with Gasteiger partial charge in [-0.1, -0.05) is 55.0 Å². The minimum absolute atomic E-state index is 0.246. The Labute approximate surface area is 193 Å². The van der Waals surface area contributed by atoms with Crippen LogP contribution in [0, 0.1) is 29.1 Å². The second-order valence-corrected chi connectivity index (χ2v) is 8.88. The van der Waals surface area contributed by atoms with Gasteiger partial charge in [0.2, 0.25) is 0 Å². The molecule has 3 nitrogen and oxygen atoms in total. The van der Waals surface area contributed by atoms with Gasteiger partial charge in [-0.2, -0.15) is 5.26 Å². The van der Waals surface area contributed by atoms with Gasteiger partial charge in [-0.25, -0.2) is 0 Å². The van der Waals surface area contributed by atoms with E-state index >= 15 is 0 Å². The zero-order valence-corrected chi connectivity index (χ0v) is 19.7. The smallest absolute Gasteiger partial charge is 0.149 e. The van der Waals surface area contributed by atoms with Crippen LogP contribution >= 0.6 is 0 Å². The fourth-order valence-electron chi connectivity index (χ4n) is 5.03. The average Bonchev–Trinajstić information content (AvgIpc) is 3.04. The van der Waals surface area contributed by atoms with Crippen molar-refractivity contribution in [2.45, 2.75) is 53.0 Å². The molecule has 4 atom stereocenters. The van der Waals surface area contributed by atoms with Crippen LogP contribution in [-0.4, -0.2) is 17.2 Å². The Balaban J connectivity index is 1.88. The molecular formula is C29H34N2O. The van der Waals surface area contributed by atoms with Crippen LogP contribution in [0.1, 0.15) is 47.0 Å². The summed E-state index contributed by atoms with van der Waals surface area (Å²) in [4.78, 5) is 13.7. The third kappa shape index (κ3) is 5.19. The van der Waals surface area contributed by atoms with Gasteiger partial charge in [-0.3, -0.25) is 4.79 Å². The summed E-state index contributed by atoms with van der Waals surface area (Å²) < 4.78 is 0. The number of aldehydes is 1. The number of rotatable bonds is 6. The molecule has 3 rings (SSSR count). The molecule has 0 bridgehead atoms. The van der Waals surface area contributed by atoms with Crippen molar-refractivity contribution in [3.63, 3.8) is 0 Å². The topological polar surface area (TPSA) is 44.1 Å². The number of allylic oxidation sites excluding steroid dienone is 13. The van der Waals surface area contributed by atoms with Crippen LogP contribution in [0.25, 0.3) is 0 Å². The van der Waals surface area contributed by atoms with Crippen molar-refractivity contribution in [1.82, 2.24) is 4.90 Å². The third-order valence-corrected chi connectivity index (χ3v) is 6.74. The predicted molar refractivity (Wildman–Crippen MR) is 132 cm³/mol. The first kappa shape index (κ1) is 23.5. The Kier molecular flexibility index (Phi) is 8.06. The number of carbonyl (C=O) groups is 1. The van der Waals surface area contributed by atoms with E-state index in [1.54, 1.807) is 0 Å². The van der Waals surface area contributed by atoms with Gasteiger partial charge in [0.1, 0.15) is 6.29 Å². The lowest BCUT2D eigenvalue weighted by atomic mass is 9.71. The van der Waals surface area contributed by atoms with E-state index in [4.69, 9.17) is 0 Å². The van der Waals surface area contributed by atoms with E-state index in [1.807, 2.05) is 25.2 Å². The van der Waals surface area contributed by atoms with Gasteiger partial charge in [-0.05, 0) is 82.1 Å². The number of hydrogen-bond donors (Lipinski definition) is 0. The molecule has 0 aromatic rings. The van der Waals surface area contributed by atoms with Gasteiger partial charge < -0.3 is 4.90 Å². The third-order valence-electron chi connectivity index (χ3n) is 6.74. The molecule has 3 aliphatic carbocycles. The standard InChI is InChI=1S/C29H34N2O/c1-5-8-26(6-2)31(27-10-7-9-23(20-32)11-14-27)28-15-16-29(22(4)18-28)24-12-13-25(19-30)21(3)17-24/h5-6,8-16,20,22,24,28-29H,7,17-18H2,1-4H3. The molecule has 0 heterocycles. The Morgan fingerprint density at radius 3 is 2.59 bits per heavy atom. The zero-order valence-electron chi connectivity index (χ0n) is 19.7.